The van der Waals surface area contributed by atoms with Crippen LogP contribution in [-0.2, 0) is 16.1 Å². The first-order valence-electron chi connectivity index (χ1n) is 10.7. The highest BCUT2D eigenvalue weighted by atomic mass is 16.2. The van der Waals surface area contributed by atoms with Crippen LogP contribution in [0.15, 0.2) is 48.5 Å². The number of hydrogen-bond donors (Lipinski definition) is 3. The van der Waals surface area contributed by atoms with Crippen molar-refractivity contribution in [3.8, 4) is 0 Å². The van der Waals surface area contributed by atoms with Gasteiger partial charge in [-0.05, 0) is 62.6 Å². The minimum absolute atomic E-state index is 0.0838. The zero-order chi connectivity index (χ0) is 22.6. The molecule has 2 aromatic carbocycles. The fraction of sp³-hybridized carbons (Fsp3) is 0.375. The van der Waals surface area contributed by atoms with E-state index in [1.54, 1.807) is 11.0 Å². The first-order valence-corrected chi connectivity index (χ1v) is 10.7. The van der Waals surface area contributed by atoms with Crippen LogP contribution in [0.1, 0.15) is 44.2 Å². The summed E-state index contributed by atoms with van der Waals surface area (Å²) in [7, 11) is 0. The second-order valence-electron chi connectivity index (χ2n) is 7.35. The topological polar surface area (TPSA) is 90.5 Å². The second kappa shape index (κ2) is 12.4. The molecular formula is C24H32N4O3. The zero-order valence-electron chi connectivity index (χ0n) is 18.5. The second-order valence-corrected chi connectivity index (χ2v) is 7.35. The summed E-state index contributed by atoms with van der Waals surface area (Å²) in [6.45, 7) is 7.60. The fourth-order valence-electron chi connectivity index (χ4n) is 3.20. The molecule has 3 N–H and O–H groups in total. The Morgan fingerprint density at radius 3 is 2.16 bits per heavy atom. The Morgan fingerprint density at radius 1 is 0.871 bits per heavy atom. The van der Waals surface area contributed by atoms with Gasteiger partial charge in [0.2, 0.25) is 11.8 Å². The van der Waals surface area contributed by atoms with Gasteiger partial charge >= 0.3 is 6.03 Å². The van der Waals surface area contributed by atoms with Crippen molar-refractivity contribution in [3.63, 3.8) is 0 Å². The van der Waals surface area contributed by atoms with Crippen LogP contribution in [0.5, 0.6) is 0 Å². The quantitative estimate of drug-likeness (QED) is 0.531. The fourth-order valence-corrected chi connectivity index (χ4v) is 3.20. The van der Waals surface area contributed by atoms with Crippen molar-refractivity contribution >= 4 is 29.2 Å². The average Bonchev–Trinajstić information content (AvgIpc) is 2.73. The lowest BCUT2D eigenvalue weighted by atomic mass is 10.2. The molecule has 0 saturated carbocycles. The Bertz CT molecular complexity index is 894. The van der Waals surface area contributed by atoms with Crippen molar-refractivity contribution in [2.45, 2.75) is 46.6 Å². The predicted octanol–water partition coefficient (Wildman–Crippen LogP) is 4.29. The largest absolute Gasteiger partial charge is 0.352 e. The van der Waals surface area contributed by atoms with Crippen LogP contribution in [0.4, 0.5) is 16.2 Å². The summed E-state index contributed by atoms with van der Waals surface area (Å²) in [6, 6.07) is 14.6. The number of benzene rings is 2. The molecule has 2 rings (SSSR count). The molecule has 0 fully saturated rings. The molecule has 0 atom stereocenters. The molecule has 0 aliphatic rings. The van der Waals surface area contributed by atoms with Crippen molar-refractivity contribution < 1.29 is 14.4 Å². The van der Waals surface area contributed by atoms with Crippen LogP contribution in [-0.4, -0.2) is 35.8 Å². The van der Waals surface area contributed by atoms with Gasteiger partial charge in [-0.25, -0.2) is 4.79 Å². The zero-order valence-corrected chi connectivity index (χ0v) is 18.5. The van der Waals surface area contributed by atoms with Gasteiger partial charge in [0.15, 0.2) is 0 Å². The molecule has 0 heterocycles. The number of amides is 4. The summed E-state index contributed by atoms with van der Waals surface area (Å²) in [5, 5.41) is 8.46. The summed E-state index contributed by atoms with van der Waals surface area (Å²) >= 11 is 0. The summed E-state index contributed by atoms with van der Waals surface area (Å²) in [6.07, 6.45) is 1.22. The number of aryl methyl sites for hydroxylation is 1. The molecule has 0 bridgehead atoms. The molecule has 0 spiro atoms. The number of rotatable bonds is 10. The molecule has 0 aromatic heterocycles. The average molecular weight is 425 g/mol. The van der Waals surface area contributed by atoms with E-state index >= 15 is 0 Å². The third kappa shape index (κ3) is 8.50. The summed E-state index contributed by atoms with van der Waals surface area (Å²) < 4.78 is 0. The lowest BCUT2D eigenvalue weighted by Gasteiger charge is -2.18. The van der Waals surface area contributed by atoms with Crippen molar-refractivity contribution in [2.24, 2.45) is 0 Å². The van der Waals surface area contributed by atoms with E-state index in [2.05, 4.69) is 16.0 Å². The Kier molecular flexibility index (Phi) is 9.55. The summed E-state index contributed by atoms with van der Waals surface area (Å²) in [4.78, 5) is 38.0. The smallest absolute Gasteiger partial charge is 0.323 e. The van der Waals surface area contributed by atoms with E-state index in [9.17, 15) is 14.4 Å². The van der Waals surface area contributed by atoms with E-state index in [1.165, 1.54) is 0 Å². The van der Waals surface area contributed by atoms with Crippen LogP contribution in [0.2, 0.25) is 0 Å². The molecule has 0 unspecified atom stereocenters. The van der Waals surface area contributed by atoms with E-state index < -0.39 is 0 Å². The molecule has 7 heteroatoms. The summed E-state index contributed by atoms with van der Waals surface area (Å²) in [5.74, 6) is -0.0107. The molecule has 7 nitrogen and oxygen atoms in total. The van der Waals surface area contributed by atoms with Crippen LogP contribution < -0.4 is 16.0 Å². The number of carbonyl (C=O) groups is 3. The van der Waals surface area contributed by atoms with E-state index in [0.717, 1.165) is 16.8 Å². The number of carbonyl (C=O) groups excluding carboxylic acids is 3. The third-order valence-electron chi connectivity index (χ3n) is 4.86. The van der Waals surface area contributed by atoms with Crippen LogP contribution in [0.3, 0.4) is 0 Å². The molecule has 2 aromatic rings. The first-order chi connectivity index (χ1) is 14.9. The monoisotopic (exact) mass is 424 g/mol. The van der Waals surface area contributed by atoms with Gasteiger partial charge in [-0.15, -0.1) is 0 Å². The number of nitrogens with zero attached hydrogens (tertiary/aromatic N) is 1. The molecule has 31 heavy (non-hydrogen) atoms. The molecule has 4 amide bonds. The van der Waals surface area contributed by atoms with E-state index in [1.807, 2.05) is 63.2 Å². The highest BCUT2D eigenvalue weighted by Gasteiger charge is 2.10. The van der Waals surface area contributed by atoms with Gasteiger partial charge in [0.05, 0.1) is 0 Å². The van der Waals surface area contributed by atoms with Crippen LogP contribution in [0, 0.1) is 6.92 Å². The van der Waals surface area contributed by atoms with Gasteiger partial charge in [0.25, 0.3) is 0 Å². The Balaban J connectivity index is 1.76. The number of urea groups is 1. The van der Waals surface area contributed by atoms with Gasteiger partial charge in [0, 0.05) is 43.9 Å². The summed E-state index contributed by atoms with van der Waals surface area (Å²) in [5.41, 5.74) is 3.30. The Labute approximate surface area is 184 Å². The Morgan fingerprint density at radius 2 is 1.52 bits per heavy atom. The van der Waals surface area contributed by atoms with Crippen molar-refractivity contribution in [1.29, 1.82) is 0 Å². The molecule has 0 radical (unpaired) electrons. The predicted molar refractivity (Wildman–Crippen MR) is 124 cm³/mol. The maximum Gasteiger partial charge on any atom is 0.323 e. The molecule has 0 aliphatic carbocycles. The Hall–Kier alpha value is -3.35. The van der Waals surface area contributed by atoms with Crippen molar-refractivity contribution in [1.82, 2.24) is 10.2 Å². The normalized spacial score (nSPS) is 10.3. The van der Waals surface area contributed by atoms with E-state index in [0.29, 0.717) is 44.6 Å². The molecular weight excluding hydrogens is 392 g/mol. The van der Waals surface area contributed by atoms with Crippen LogP contribution >= 0.6 is 0 Å². The minimum atomic E-state index is -0.329. The van der Waals surface area contributed by atoms with Gasteiger partial charge in [0.1, 0.15) is 0 Å². The minimum Gasteiger partial charge on any atom is -0.352 e. The third-order valence-corrected chi connectivity index (χ3v) is 4.86. The van der Waals surface area contributed by atoms with E-state index in [4.69, 9.17) is 0 Å². The van der Waals surface area contributed by atoms with Gasteiger partial charge in [-0.2, -0.15) is 0 Å². The first kappa shape index (κ1) is 23.9. The van der Waals surface area contributed by atoms with Crippen LogP contribution in [0.25, 0.3) is 0 Å². The van der Waals surface area contributed by atoms with Gasteiger partial charge in [-0.1, -0.05) is 24.3 Å². The van der Waals surface area contributed by atoms with Crippen molar-refractivity contribution in [2.75, 3.05) is 23.7 Å². The highest BCUT2D eigenvalue weighted by molar-refractivity contribution is 5.99. The van der Waals surface area contributed by atoms with E-state index in [-0.39, 0.29) is 17.8 Å². The number of hydrogen-bond acceptors (Lipinski definition) is 3. The standard InChI is InChI=1S/C24H32N4O3/c1-4-28(5-2)23(30)14-8-13-22(29)25-17-19-10-7-12-21(16-19)27-24(31)26-20-11-6-9-18(3)15-20/h6-7,9-12,15-16H,4-5,8,13-14,17H2,1-3H3,(H,25,29)(H2,26,27,31). The molecule has 166 valence electrons. The SMILES string of the molecule is CCN(CC)C(=O)CCCC(=O)NCc1cccc(NC(=O)Nc2cccc(C)c2)c1. The molecule has 0 aliphatic heterocycles. The maximum atomic E-state index is 12.2. The highest BCUT2D eigenvalue weighted by Crippen LogP contribution is 2.13. The number of anilines is 2. The lowest BCUT2D eigenvalue weighted by molar-refractivity contribution is -0.131. The maximum absolute atomic E-state index is 12.2. The number of nitrogens with one attached hydrogen (secondary N) is 3. The molecule has 0 saturated heterocycles. The lowest BCUT2D eigenvalue weighted by Crippen LogP contribution is -2.30. The van der Waals surface area contributed by atoms with Gasteiger partial charge < -0.3 is 20.9 Å². The van der Waals surface area contributed by atoms with Gasteiger partial charge in [-0.3, -0.25) is 9.59 Å². The van der Waals surface area contributed by atoms with Crippen molar-refractivity contribution in [3.05, 3.63) is 59.7 Å².